The Balaban J connectivity index is 1.64. The van der Waals surface area contributed by atoms with Crippen molar-refractivity contribution in [3.63, 3.8) is 0 Å². The SMILES string of the molecule is CC(C)[C@@H]1NC(=O)CN(C)C(=O)[C@@H](Cc2ccccc2)NC(=O)[C@H]2CN(C(=O)c3ccc[nH]3)C[C@H](CNC1=O)O2. The molecule has 2 fully saturated rings. The molecule has 0 unspecified atom stereocenters. The van der Waals surface area contributed by atoms with E-state index in [0.29, 0.717) is 5.69 Å². The molecule has 2 aromatic rings. The largest absolute Gasteiger partial charge is 0.360 e. The predicted molar refractivity (Wildman–Crippen MR) is 145 cm³/mol. The normalized spacial score (nSPS) is 25.0. The van der Waals surface area contributed by atoms with Gasteiger partial charge in [0.05, 0.1) is 19.2 Å². The van der Waals surface area contributed by atoms with Crippen molar-refractivity contribution in [1.29, 1.82) is 0 Å². The molecule has 0 aliphatic carbocycles. The fraction of sp³-hybridized carbons (Fsp3) is 0.464. The molecule has 2 bridgehead atoms. The number of carbonyl (C=O) groups excluding carboxylic acids is 5. The monoisotopic (exact) mass is 552 g/mol. The molecule has 12 nitrogen and oxygen atoms in total. The van der Waals surface area contributed by atoms with E-state index in [1.54, 1.807) is 32.2 Å². The van der Waals surface area contributed by atoms with Gasteiger partial charge in [-0.05, 0) is 23.6 Å². The van der Waals surface area contributed by atoms with E-state index < -0.39 is 47.9 Å². The molecule has 2 aliphatic heterocycles. The first-order valence-electron chi connectivity index (χ1n) is 13.4. The number of nitrogens with zero attached hydrogens (tertiary/aromatic N) is 2. The van der Waals surface area contributed by atoms with E-state index in [-0.39, 0.29) is 44.4 Å². The van der Waals surface area contributed by atoms with Crippen LogP contribution in [0.15, 0.2) is 48.7 Å². The Hall–Kier alpha value is -4.19. The third-order valence-electron chi connectivity index (χ3n) is 7.00. The second-order valence-electron chi connectivity index (χ2n) is 10.5. The van der Waals surface area contributed by atoms with Crippen LogP contribution in [-0.4, -0.2) is 102 Å². The number of aromatic amines is 1. The molecular formula is C28H36N6O6. The van der Waals surface area contributed by atoms with Crippen molar-refractivity contribution in [3.05, 3.63) is 59.9 Å². The molecule has 2 saturated heterocycles. The summed E-state index contributed by atoms with van der Waals surface area (Å²) >= 11 is 0. The summed E-state index contributed by atoms with van der Waals surface area (Å²) < 4.78 is 6.06. The molecule has 4 atom stereocenters. The van der Waals surface area contributed by atoms with Crippen molar-refractivity contribution >= 4 is 29.5 Å². The Morgan fingerprint density at radius 1 is 1.00 bits per heavy atom. The van der Waals surface area contributed by atoms with Gasteiger partial charge < -0.3 is 35.5 Å². The van der Waals surface area contributed by atoms with E-state index in [9.17, 15) is 24.0 Å². The molecule has 12 heteroatoms. The molecule has 4 N–H and O–H groups in total. The van der Waals surface area contributed by atoms with Crippen LogP contribution in [0.1, 0.15) is 29.9 Å². The number of benzene rings is 1. The summed E-state index contributed by atoms with van der Waals surface area (Å²) in [5.41, 5.74) is 1.17. The maximum atomic E-state index is 13.5. The van der Waals surface area contributed by atoms with Crippen LogP contribution in [0.25, 0.3) is 0 Å². The average molecular weight is 553 g/mol. The summed E-state index contributed by atoms with van der Waals surface area (Å²) in [4.78, 5) is 71.7. The molecule has 3 heterocycles. The zero-order valence-corrected chi connectivity index (χ0v) is 22.9. The van der Waals surface area contributed by atoms with Crippen molar-refractivity contribution in [1.82, 2.24) is 30.7 Å². The van der Waals surface area contributed by atoms with Crippen molar-refractivity contribution in [3.8, 4) is 0 Å². The van der Waals surface area contributed by atoms with Crippen LogP contribution < -0.4 is 16.0 Å². The highest BCUT2D eigenvalue weighted by atomic mass is 16.5. The number of likely N-dealkylation sites (N-methyl/N-ethyl adjacent to an activating group) is 1. The van der Waals surface area contributed by atoms with Gasteiger partial charge in [0.1, 0.15) is 17.8 Å². The van der Waals surface area contributed by atoms with Gasteiger partial charge in [-0.3, -0.25) is 24.0 Å². The second-order valence-corrected chi connectivity index (χ2v) is 10.5. The lowest BCUT2D eigenvalue weighted by molar-refractivity contribution is -0.148. The second kappa shape index (κ2) is 12.8. The molecule has 5 amide bonds. The summed E-state index contributed by atoms with van der Waals surface area (Å²) in [6.07, 6.45) is 0.0322. The number of rotatable bonds is 4. The van der Waals surface area contributed by atoms with Crippen LogP contribution in [0, 0.1) is 5.92 Å². The number of ether oxygens (including phenoxy) is 1. The summed E-state index contributed by atoms with van der Waals surface area (Å²) in [5, 5.41) is 8.31. The van der Waals surface area contributed by atoms with Crippen LogP contribution in [-0.2, 0) is 30.3 Å². The van der Waals surface area contributed by atoms with Gasteiger partial charge in [-0.2, -0.15) is 0 Å². The predicted octanol–water partition coefficient (Wildman–Crippen LogP) is -0.319. The first-order valence-corrected chi connectivity index (χ1v) is 13.4. The van der Waals surface area contributed by atoms with Crippen molar-refractivity contribution in [2.75, 3.05) is 33.2 Å². The van der Waals surface area contributed by atoms with Crippen LogP contribution in [0.4, 0.5) is 0 Å². The molecule has 0 spiro atoms. The Morgan fingerprint density at radius 3 is 2.42 bits per heavy atom. The third-order valence-corrected chi connectivity index (χ3v) is 7.00. The lowest BCUT2D eigenvalue weighted by Gasteiger charge is -2.38. The maximum Gasteiger partial charge on any atom is 0.270 e. The number of hydrogen-bond acceptors (Lipinski definition) is 6. The molecule has 214 valence electrons. The lowest BCUT2D eigenvalue weighted by Crippen LogP contribution is -2.59. The van der Waals surface area contributed by atoms with Crippen molar-refractivity contribution in [2.24, 2.45) is 5.92 Å². The number of carbonyl (C=O) groups is 5. The Kier molecular flexibility index (Phi) is 9.20. The number of fused-ring (bicyclic) bond motifs is 2. The van der Waals surface area contributed by atoms with Gasteiger partial charge >= 0.3 is 0 Å². The van der Waals surface area contributed by atoms with Gasteiger partial charge in [0.25, 0.3) is 11.8 Å². The van der Waals surface area contributed by atoms with Crippen LogP contribution in [0.3, 0.4) is 0 Å². The number of H-pyrrole nitrogens is 1. The summed E-state index contributed by atoms with van der Waals surface area (Å²) in [7, 11) is 1.47. The Morgan fingerprint density at radius 2 is 1.75 bits per heavy atom. The number of amides is 5. The molecule has 1 aromatic heterocycles. The van der Waals surface area contributed by atoms with Gasteiger partial charge in [0.15, 0.2) is 6.10 Å². The third kappa shape index (κ3) is 7.06. The zero-order chi connectivity index (χ0) is 28.8. The number of morpholine rings is 1. The van der Waals surface area contributed by atoms with Gasteiger partial charge in [0, 0.05) is 32.8 Å². The van der Waals surface area contributed by atoms with Crippen LogP contribution >= 0.6 is 0 Å². The van der Waals surface area contributed by atoms with E-state index in [0.717, 1.165) is 5.56 Å². The van der Waals surface area contributed by atoms with E-state index >= 15 is 0 Å². The van der Waals surface area contributed by atoms with Crippen molar-refractivity contribution < 1.29 is 28.7 Å². The molecular weight excluding hydrogens is 516 g/mol. The van der Waals surface area contributed by atoms with E-state index in [1.807, 2.05) is 30.3 Å². The minimum atomic E-state index is -1.09. The fourth-order valence-corrected chi connectivity index (χ4v) is 4.85. The van der Waals surface area contributed by atoms with E-state index in [4.69, 9.17) is 4.74 Å². The Bertz CT molecular complexity index is 1220. The van der Waals surface area contributed by atoms with E-state index in [1.165, 1.54) is 16.8 Å². The quantitative estimate of drug-likeness (QED) is 0.408. The molecule has 4 rings (SSSR count). The highest BCUT2D eigenvalue weighted by Crippen LogP contribution is 2.16. The molecule has 0 saturated carbocycles. The molecule has 0 radical (unpaired) electrons. The molecule has 40 heavy (non-hydrogen) atoms. The van der Waals surface area contributed by atoms with Gasteiger partial charge in [0.2, 0.25) is 17.7 Å². The molecule has 2 aliphatic rings. The zero-order valence-electron chi connectivity index (χ0n) is 22.9. The van der Waals surface area contributed by atoms with Gasteiger partial charge in [-0.1, -0.05) is 44.2 Å². The maximum absolute atomic E-state index is 13.5. The minimum absolute atomic E-state index is 0.0164. The topological polar surface area (TPSA) is 153 Å². The highest BCUT2D eigenvalue weighted by Gasteiger charge is 2.38. The van der Waals surface area contributed by atoms with Crippen LogP contribution in [0.5, 0.6) is 0 Å². The van der Waals surface area contributed by atoms with Gasteiger partial charge in [-0.25, -0.2) is 0 Å². The number of aromatic nitrogens is 1. The first-order chi connectivity index (χ1) is 19.1. The first kappa shape index (κ1) is 28.8. The number of hydrogen-bond donors (Lipinski definition) is 4. The Labute approximate surface area is 232 Å². The summed E-state index contributed by atoms with van der Waals surface area (Å²) in [5.74, 6) is -2.51. The van der Waals surface area contributed by atoms with Crippen LogP contribution in [0.2, 0.25) is 0 Å². The smallest absolute Gasteiger partial charge is 0.270 e. The number of nitrogens with one attached hydrogen (secondary N) is 4. The summed E-state index contributed by atoms with van der Waals surface area (Å²) in [6.45, 7) is 3.42. The highest BCUT2D eigenvalue weighted by molar-refractivity contribution is 5.95. The lowest BCUT2D eigenvalue weighted by atomic mass is 10.0. The standard InChI is InChI=1S/C28H36N6O6/c1-17(2)24-26(37)30-13-19-14-34(28(39)20-10-7-11-29-20)15-22(40-19)25(36)31-21(12-18-8-5-4-6-9-18)27(38)33(3)16-23(35)32-24/h4-11,17,19,21-22,24,29H,12-16H2,1-3H3,(H,30,37)(H,31,36)(H,32,35)/t19-,21+,22+,24-/m0/s1. The van der Waals surface area contributed by atoms with Gasteiger partial charge in [-0.15, -0.1) is 0 Å². The average Bonchev–Trinajstić information content (AvgIpc) is 3.48. The van der Waals surface area contributed by atoms with E-state index in [2.05, 4.69) is 20.9 Å². The molecule has 1 aromatic carbocycles. The fourth-order valence-electron chi connectivity index (χ4n) is 4.85. The van der Waals surface area contributed by atoms with Crippen molar-refractivity contribution in [2.45, 2.75) is 44.6 Å². The summed E-state index contributed by atoms with van der Waals surface area (Å²) in [6, 6.07) is 10.7. The minimum Gasteiger partial charge on any atom is -0.360 e.